The first-order valence-corrected chi connectivity index (χ1v) is 9.58. The van der Waals surface area contributed by atoms with Crippen LogP contribution in [-0.2, 0) is 11.3 Å². The topological polar surface area (TPSA) is 74.4 Å². The summed E-state index contributed by atoms with van der Waals surface area (Å²) in [5.74, 6) is -0.347. The van der Waals surface area contributed by atoms with Crippen LogP contribution in [0, 0.1) is 0 Å². The predicted octanol–water partition coefficient (Wildman–Crippen LogP) is 3.96. The van der Waals surface area contributed by atoms with E-state index in [1.807, 2.05) is 48.5 Å². The Morgan fingerprint density at radius 2 is 1.90 bits per heavy atom. The zero-order valence-electron chi connectivity index (χ0n) is 15.3. The van der Waals surface area contributed by atoms with Crippen molar-refractivity contribution in [3.63, 3.8) is 0 Å². The van der Waals surface area contributed by atoms with Gasteiger partial charge in [0.1, 0.15) is 0 Å². The summed E-state index contributed by atoms with van der Waals surface area (Å²) in [6.45, 7) is 0.279. The molecule has 0 atom stereocenters. The highest BCUT2D eigenvalue weighted by molar-refractivity contribution is 6.61. The van der Waals surface area contributed by atoms with Crippen LogP contribution >= 0.6 is 11.6 Å². The number of aromatic amines is 1. The van der Waals surface area contributed by atoms with E-state index < -0.39 is 7.12 Å². The van der Waals surface area contributed by atoms with Crippen LogP contribution in [-0.4, -0.2) is 23.0 Å². The van der Waals surface area contributed by atoms with Crippen molar-refractivity contribution in [3.8, 4) is 11.3 Å². The minimum atomic E-state index is -1.03. The molecule has 1 amide bonds. The van der Waals surface area contributed by atoms with Gasteiger partial charge in [-0.15, -0.1) is 0 Å². The van der Waals surface area contributed by atoms with Crippen LogP contribution in [0.4, 0.5) is 5.69 Å². The number of nitrogens with one attached hydrogen (secondary N) is 2. The Bertz CT molecular complexity index is 1220. The van der Waals surface area contributed by atoms with Crippen LogP contribution in [0.25, 0.3) is 22.2 Å². The molecule has 2 heterocycles. The number of benzene rings is 3. The molecule has 0 aliphatic carbocycles. The van der Waals surface area contributed by atoms with Gasteiger partial charge in [-0.1, -0.05) is 48.0 Å². The van der Waals surface area contributed by atoms with E-state index in [0.29, 0.717) is 21.7 Å². The molecule has 142 valence electrons. The maximum absolute atomic E-state index is 13.0. The molecule has 1 aliphatic heterocycles. The van der Waals surface area contributed by atoms with Crippen molar-refractivity contribution < 1.29 is 14.5 Å². The lowest BCUT2D eigenvalue weighted by Crippen LogP contribution is -2.29. The van der Waals surface area contributed by atoms with Gasteiger partial charge in [0.15, 0.2) is 0 Å². The number of hydrogen-bond donors (Lipinski definition) is 3. The summed E-state index contributed by atoms with van der Waals surface area (Å²) < 4.78 is 5.20. The van der Waals surface area contributed by atoms with Gasteiger partial charge in [-0.05, 0) is 41.4 Å². The van der Waals surface area contributed by atoms with Crippen molar-refractivity contribution in [2.45, 2.75) is 6.61 Å². The van der Waals surface area contributed by atoms with Gasteiger partial charge in [0.25, 0.3) is 5.91 Å². The highest BCUT2D eigenvalue weighted by Crippen LogP contribution is 2.31. The fraction of sp³-hybridized carbons (Fsp3) is 0.0455. The third-order valence-electron chi connectivity index (χ3n) is 5.13. The van der Waals surface area contributed by atoms with E-state index in [9.17, 15) is 9.82 Å². The number of para-hydroxylation sites is 2. The number of hydrogen-bond acceptors (Lipinski definition) is 3. The minimum Gasteiger partial charge on any atom is -0.423 e. The lowest BCUT2D eigenvalue weighted by atomic mass is 9.78. The molecule has 0 fully saturated rings. The first-order chi connectivity index (χ1) is 14.1. The molecule has 0 saturated heterocycles. The van der Waals surface area contributed by atoms with Gasteiger partial charge in [0.05, 0.1) is 22.9 Å². The van der Waals surface area contributed by atoms with Gasteiger partial charge >= 0.3 is 7.12 Å². The predicted molar refractivity (Wildman–Crippen MR) is 116 cm³/mol. The number of carbonyl (C=O) groups excluding carboxylic acids is 1. The van der Waals surface area contributed by atoms with Crippen LogP contribution in [0.5, 0.6) is 0 Å². The second-order valence-electron chi connectivity index (χ2n) is 6.96. The van der Waals surface area contributed by atoms with E-state index in [-0.39, 0.29) is 12.5 Å². The SMILES string of the molecule is O=C(Nc1ccccc1-c1cc2ccccc2[nH]1)c1cc2c(cc1Cl)COB2O. The van der Waals surface area contributed by atoms with E-state index in [2.05, 4.69) is 16.4 Å². The molecule has 5 nitrogen and oxygen atoms in total. The number of fused-ring (bicyclic) bond motifs is 2. The van der Waals surface area contributed by atoms with Crippen molar-refractivity contribution >= 4 is 46.7 Å². The molecule has 0 spiro atoms. The molecule has 0 saturated carbocycles. The molecule has 4 aromatic rings. The first-order valence-electron chi connectivity index (χ1n) is 9.20. The Hall–Kier alpha value is -3.06. The molecule has 29 heavy (non-hydrogen) atoms. The molecule has 1 aliphatic rings. The normalized spacial score (nSPS) is 13.0. The number of rotatable bonds is 3. The number of aromatic nitrogens is 1. The van der Waals surface area contributed by atoms with Crippen LogP contribution in [0.3, 0.4) is 0 Å². The van der Waals surface area contributed by atoms with Gasteiger partial charge in [0, 0.05) is 22.2 Å². The molecule has 3 N–H and O–H groups in total. The Kier molecular flexibility index (Phi) is 4.40. The second-order valence-corrected chi connectivity index (χ2v) is 7.37. The number of carbonyl (C=O) groups is 1. The van der Waals surface area contributed by atoms with Crippen LogP contribution in [0.15, 0.2) is 66.7 Å². The fourth-order valence-corrected chi connectivity index (χ4v) is 3.93. The van der Waals surface area contributed by atoms with Gasteiger partial charge in [-0.2, -0.15) is 0 Å². The Morgan fingerprint density at radius 1 is 1.10 bits per heavy atom. The third-order valence-corrected chi connectivity index (χ3v) is 5.44. The van der Waals surface area contributed by atoms with Crippen molar-refractivity contribution in [3.05, 3.63) is 82.9 Å². The van der Waals surface area contributed by atoms with E-state index in [1.165, 1.54) is 0 Å². The molecule has 0 radical (unpaired) electrons. The van der Waals surface area contributed by atoms with E-state index in [1.54, 1.807) is 12.1 Å². The lowest BCUT2D eigenvalue weighted by Gasteiger charge is -2.12. The summed E-state index contributed by atoms with van der Waals surface area (Å²) in [5.41, 5.74) is 5.13. The average Bonchev–Trinajstić information content (AvgIpc) is 3.31. The Balaban J connectivity index is 1.50. The van der Waals surface area contributed by atoms with E-state index >= 15 is 0 Å². The lowest BCUT2D eigenvalue weighted by molar-refractivity contribution is 0.102. The molecule has 3 aromatic carbocycles. The first kappa shape index (κ1) is 18.0. The third kappa shape index (κ3) is 3.21. The maximum atomic E-state index is 13.0. The van der Waals surface area contributed by atoms with Crippen LogP contribution < -0.4 is 10.8 Å². The second kappa shape index (κ2) is 7.08. The molecular formula is C22H16BClN2O3. The summed E-state index contributed by atoms with van der Waals surface area (Å²) in [6, 6.07) is 20.9. The van der Waals surface area contributed by atoms with Crippen molar-refractivity contribution in [1.82, 2.24) is 4.98 Å². The van der Waals surface area contributed by atoms with Gasteiger partial charge in [0.2, 0.25) is 0 Å². The average molecular weight is 403 g/mol. The van der Waals surface area contributed by atoms with Crippen LogP contribution in [0.1, 0.15) is 15.9 Å². The maximum Gasteiger partial charge on any atom is 0.491 e. The van der Waals surface area contributed by atoms with Crippen LogP contribution in [0.2, 0.25) is 5.02 Å². The number of anilines is 1. The zero-order valence-corrected chi connectivity index (χ0v) is 16.0. The standard InChI is InChI=1S/C22H16BClN2O3/c24-18-9-14-12-29-23(28)17(14)11-16(18)22(27)26-20-8-4-2-6-15(20)21-10-13-5-1-3-7-19(13)25-21/h1-11,25,28H,12H2,(H,26,27). The quantitative estimate of drug-likeness (QED) is 0.454. The summed E-state index contributed by atoms with van der Waals surface area (Å²) in [7, 11) is -1.03. The molecule has 5 rings (SSSR count). The van der Waals surface area contributed by atoms with E-state index in [4.69, 9.17) is 16.3 Å². The summed E-state index contributed by atoms with van der Waals surface area (Å²) in [5, 5.41) is 14.3. The van der Waals surface area contributed by atoms with Gasteiger partial charge in [-0.3, -0.25) is 4.79 Å². The monoisotopic (exact) mass is 402 g/mol. The van der Waals surface area contributed by atoms with Crippen molar-refractivity contribution in [1.29, 1.82) is 0 Å². The highest BCUT2D eigenvalue weighted by atomic mass is 35.5. The summed E-state index contributed by atoms with van der Waals surface area (Å²) in [6.07, 6.45) is 0. The van der Waals surface area contributed by atoms with Gasteiger partial charge in [-0.25, -0.2) is 0 Å². The number of halogens is 1. The van der Waals surface area contributed by atoms with Crippen molar-refractivity contribution in [2.75, 3.05) is 5.32 Å². The zero-order chi connectivity index (χ0) is 20.0. The molecule has 0 unspecified atom stereocenters. The number of amides is 1. The molecule has 0 bridgehead atoms. The molecule has 1 aromatic heterocycles. The summed E-state index contributed by atoms with van der Waals surface area (Å²) in [4.78, 5) is 16.4. The number of H-pyrrole nitrogens is 1. The largest absolute Gasteiger partial charge is 0.491 e. The van der Waals surface area contributed by atoms with Gasteiger partial charge < -0.3 is 20.0 Å². The fourth-order valence-electron chi connectivity index (χ4n) is 3.65. The smallest absolute Gasteiger partial charge is 0.423 e. The minimum absolute atomic E-state index is 0.279. The summed E-state index contributed by atoms with van der Waals surface area (Å²) >= 11 is 6.32. The highest BCUT2D eigenvalue weighted by Gasteiger charge is 2.29. The Labute approximate surface area is 172 Å². The molecule has 7 heteroatoms. The Morgan fingerprint density at radius 3 is 2.76 bits per heavy atom. The molecular weight excluding hydrogens is 387 g/mol. The van der Waals surface area contributed by atoms with Crippen molar-refractivity contribution in [2.24, 2.45) is 0 Å². The van der Waals surface area contributed by atoms with E-state index in [0.717, 1.165) is 27.7 Å².